The second-order valence-corrected chi connectivity index (χ2v) is 6.35. The van der Waals surface area contributed by atoms with Gasteiger partial charge in [0.25, 0.3) is 0 Å². The molecule has 0 heterocycles. The normalized spacial score (nSPS) is 8.68. The summed E-state index contributed by atoms with van der Waals surface area (Å²) in [5, 5.41) is 16.9. The summed E-state index contributed by atoms with van der Waals surface area (Å²) in [6, 6.07) is 16.9. The summed E-state index contributed by atoms with van der Waals surface area (Å²) >= 11 is 8.71. The molecule has 0 atom stereocenters. The summed E-state index contributed by atoms with van der Waals surface area (Å²) < 4.78 is 2.99. The molecular formula is C14H7Br2IN2. The van der Waals surface area contributed by atoms with Gasteiger partial charge in [-0.3, -0.25) is 0 Å². The smallest absolute Gasteiger partial charge is 0.100 e. The van der Waals surface area contributed by atoms with E-state index in [1.54, 1.807) is 18.2 Å². The van der Waals surface area contributed by atoms with Gasteiger partial charge in [0.2, 0.25) is 0 Å². The van der Waals surface area contributed by atoms with Gasteiger partial charge in [-0.2, -0.15) is 10.5 Å². The van der Waals surface area contributed by atoms with Crippen LogP contribution in [0.15, 0.2) is 51.4 Å². The molecule has 2 nitrogen and oxygen atoms in total. The maximum atomic E-state index is 8.54. The summed E-state index contributed by atoms with van der Waals surface area (Å²) in [7, 11) is 0. The van der Waals surface area contributed by atoms with Crippen LogP contribution < -0.4 is 0 Å². The van der Waals surface area contributed by atoms with Gasteiger partial charge in [-0.05, 0) is 65.1 Å². The van der Waals surface area contributed by atoms with E-state index in [-0.39, 0.29) is 0 Å². The Labute approximate surface area is 142 Å². The van der Waals surface area contributed by atoms with Crippen LogP contribution in [0.5, 0.6) is 0 Å². The standard InChI is InChI=1S/C7H3BrIN.C7H4BrN/c8-6-2-1-5(4-10)7(9)3-6;8-7-3-1-6(5-9)2-4-7/h1-3H;1-4H. The van der Waals surface area contributed by atoms with E-state index in [1.165, 1.54) is 0 Å². The van der Waals surface area contributed by atoms with Crippen molar-refractivity contribution >= 4 is 54.5 Å². The first-order valence-electron chi connectivity index (χ1n) is 5.07. The quantitative estimate of drug-likeness (QED) is 0.475. The lowest BCUT2D eigenvalue weighted by Gasteiger charge is -1.93. The molecule has 5 heteroatoms. The van der Waals surface area contributed by atoms with Crippen LogP contribution in [0.4, 0.5) is 0 Å². The second kappa shape index (κ2) is 8.31. The van der Waals surface area contributed by atoms with Crippen LogP contribution in [0.25, 0.3) is 0 Å². The molecule has 2 aromatic carbocycles. The highest BCUT2D eigenvalue weighted by Gasteiger charge is 1.96. The van der Waals surface area contributed by atoms with Gasteiger partial charge < -0.3 is 0 Å². The maximum Gasteiger partial charge on any atom is 0.100 e. The molecule has 0 radical (unpaired) electrons. The third-order valence-electron chi connectivity index (χ3n) is 2.02. The number of halogens is 3. The Morgan fingerprint density at radius 3 is 1.89 bits per heavy atom. The molecule has 2 rings (SSSR count). The van der Waals surface area contributed by atoms with Gasteiger partial charge in [-0.1, -0.05) is 31.9 Å². The number of benzene rings is 2. The van der Waals surface area contributed by atoms with Gasteiger partial charge in [0.1, 0.15) is 6.07 Å². The number of nitriles is 2. The minimum absolute atomic E-state index is 0.693. The minimum atomic E-state index is 0.693. The highest BCUT2D eigenvalue weighted by Crippen LogP contribution is 2.17. The van der Waals surface area contributed by atoms with Crippen LogP contribution in [0.3, 0.4) is 0 Å². The third kappa shape index (κ3) is 5.73. The molecule has 0 aliphatic carbocycles. The predicted octanol–water partition coefficient (Wildman–Crippen LogP) is 5.25. The van der Waals surface area contributed by atoms with Crippen LogP contribution in [-0.4, -0.2) is 0 Å². The lowest BCUT2D eigenvalue weighted by atomic mass is 10.2. The van der Waals surface area contributed by atoms with Gasteiger partial charge in [-0.15, -0.1) is 0 Å². The van der Waals surface area contributed by atoms with Crippen molar-refractivity contribution in [3.05, 3.63) is 66.1 Å². The van der Waals surface area contributed by atoms with E-state index in [9.17, 15) is 0 Å². The van der Waals surface area contributed by atoms with E-state index in [0.717, 1.165) is 18.1 Å². The van der Waals surface area contributed by atoms with E-state index in [0.29, 0.717) is 5.56 Å². The Hall–Kier alpha value is -0.890. The van der Waals surface area contributed by atoms with E-state index in [4.69, 9.17) is 10.5 Å². The fourth-order valence-corrected chi connectivity index (χ4v) is 2.79. The Morgan fingerprint density at radius 1 is 0.842 bits per heavy atom. The van der Waals surface area contributed by atoms with Crippen molar-refractivity contribution in [2.45, 2.75) is 0 Å². The molecule has 19 heavy (non-hydrogen) atoms. The first-order valence-corrected chi connectivity index (χ1v) is 7.74. The van der Waals surface area contributed by atoms with Gasteiger partial charge in [-0.25, -0.2) is 0 Å². The Bertz CT molecular complexity index is 640. The minimum Gasteiger partial charge on any atom is -0.192 e. The fourth-order valence-electron chi connectivity index (χ4n) is 1.10. The zero-order valence-corrected chi connectivity index (χ0v) is 14.9. The molecule has 0 saturated carbocycles. The Morgan fingerprint density at radius 2 is 1.42 bits per heavy atom. The van der Waals surface area contributed by atoms with Crippen molar-refractivity contribution in [3.8, 4) is 12.1 Å². The van der Waals surface area contributed by atoms with Crippen molar-refractivity contribution in [2.24, 2.45) is 0 Å². The molecular weight excluding hydrogens is 483 g/mol. The van der Waals surface area contributed by atoms with Gasteiger partial charge in [0, 0.05) is 12.5 Å². The number of nitrogens with zero attached hydrogens (tertiary/aromatic N) is 2. The first-order chi connectivity index (χ1) is 9.06. The Balaban J connectivity index is 0.000000191. The SMILES string of the molecule is N#Cc1ccc(Br)cc1.N#Cc1ccc(Br)cc1I. The summed E-state index contributed by atoms with van der Waals surface area (Å²) in [6.07, 6.45) is 0. The molecule has 0 spiro atoms. The molecule has 0 aromatic heterocycles. The van der Waals surface area contributed by atoms with Crippen LogP contribution >= 0.6 is 54.5 Å². The zero-order valence-electron chi connectivity index (χ0n) is 9.57. The van der Waals surface area contributed by atoms with Crippen LogP contribution in [0.2, 0.25) is 0 Å². The lowest BCUT2D eigenvalue weighted by molar-refractivity contribution is 1.45. The molecule has 2 aromatic rings. The number of rotatable bonds is 0. The fraction of sp³-hybridized carbons (Fsp3) is 0. The van der Waals surface area contributed by atoms with Crippen LogP contribution in [0.1, 0.15) is 11.1 Å². The van der Waals surface area contributed by atoms with Crippen molar-refractivity contribution < 1.29 is 0 Å². The molecule has 0 saturated heterocycles. The summed E-state index contributed by atoms with van der Waals surface area (Å²) in [4.78, 5) is 0. The molecule has 0 aliphatic rings. The first kappa shape index (κ1) is 16.2. The van der Waals surface area contributed by atoms with E-state index >= 15 is 0 Å². The average Bonchev–Trinajstić information content (AvgIpc) is 2.40. The summed E-state index contributed by atoms with van der Waals surface area (Å²) in [6.45, 7) is 0. The molecule has 0 N–H and O–H groups in total. The molecule has 94 valence electrons. The molecule has 0 bridgehead atoms. The average molecular weight is 490 g/mol. The number of hydrogen-bond donors (Lipinski definition) is 0. The van der Waals surface area contributed by atoms with E-state index < -0.39 is 0 Å². The maximum absolute atomic E-state index is 8.54. The predicted molar refractivity (Wildman–Crippen MR) is 90.4 cm³/mol. The van der Waals surface area contributed by atoms with Crippen molar-refractivity contribution in [3.63, 3.8) is 0 Å². The summed E-state index contributed by atoms with van der Waals surface area (Å²) in [5.74, 6) is 0. The summed E-state index contributed by atoms with van der Waals surface area (Å²) in [5.41, 5.74) is 1.42. The second-order valence-electron chi connectivity index (χ2n) is 3.35. The monoisotopic (exact) mass is 488 g/mol. The zero-order chi connectivity index (χ0) is 14.3. The lowest BCUT2D eigenvalue weighted by Crippen LogP contribution is -1.79. The van der Waals surface area contributed by atoms with Crippen molar-refractivity contribution in [2.75, 3.05) is 0 Å². The Kier molecular flexibility index (Phi) is 7.07. The number of hydrogen-bond acceptors (Lipinski definition) is 2. The van der Waals surface area contributed by atoms with Crippen molar-refractivity contribution in [1.82, 2.24) is 0 Å². The topological polar surface area (TPSA) is 47.6 Å². The van der Waals surface area contributed by atoms with Crippen LogP contribution in [-0.2, 0) is 0 Å². The van der Waals surface area contributed by atoms with Gasteiger partial charge in [0.05, 0.1) is 17.2 Å². The highest BCUT2D eigenvalue weighted by atomic mass is 127. The van der Waals surface area contributed by atoms with Crippen molar-refractivity contribution in [1.29, 1.82) is 10.5 Å². The molecule has 0 fully saturated rings. The van der Waals surface area contributed by atoms with Gasteiger partial charge >= 0.3 is 0 Å². The highest BCUT2D eigenvalue weighted by molar-refractivity contribution is 14.1. The molecule has 0 aliphatic heterocycles. The third-order valence-corrected chi connectivity index (χ3v) is 3.94. The van der Waals surface area contributed by atoms with E-state index in [2.05, 4.69) is 60.5 Å². The molecule has 0 amide bonds. The largest absolute Gasteiger partial charge is 0.192 e. The van der Waals surface area contributed by atoms with Crippen LogP contribution in [0, 0.1) is 26.2 Å². The molecule has 0 unspecified atom stereocenters. The van der Waals surface area contributed by atoms with E-state index in [1.807, 2.05) is 30.3 Å². The van der Waals surface area contributed by atoms with Gasteiger partial charge in [0.15, 0.2) is 0 Å².